The molecule has 1 saturated heterocycles. The number of hydrogen-bond acceptors (Lipinski definition) is 4. The molecule has 2 fully saturated rings. The van der Waals surface area contributed by atoms with Gasteiger partial charge in [0.1, 0.15) is 0 Å². The molecular weight excluding hydrogens is 442 g/mol. The maximum atomic E-state index is 13.9. The van der Waals surface area contributed by atoms with Crippen molar-refractivity contribution in [1.29, 1.82) is 0 Å². The minimum atomic E-state index is -0.758. The number of hydrogen-bond donors (Lipinski definition) is 1. The van der Waals surface area contributed by atoms with Gasteiger partial charge >= 0.3 is 6.09 Å². The van der Waals surface area contributed by atoms with Crippen LogP contribution in [0, 0.1) is 6.92 Å². The van der Waals surface area contributed by atoms with E-state index in [-0.39, 0.29) is 17.9 Å². The second-order valence-electron chi connectivity index (χ2n) is 9.63. The third-order valence-electron chi connectivity index (χ3n) is 7.09. The number of amides is 3. The number of carbonyl (C=O) groups is 3. The molecule has 2 unspecified atom stereocenters. The molecule has 1 N–H and O–H groups in total. The summed E-state index contributed by atoms with van der Waals surface area (Å²) in [7, 11) is 1.85. The third-order valence-corrected chi connectivity index (χ3v) is 7.09. The molecule has 2 aliphatic rings. The van der Waals surface area contributed by atoms with E-state index in [1.54, 1.807) is 24.0 Å². The average molecular weight is 478 g/mol. The van der Waals surface area contributed by atoms with E-state index >= 15 is 0 Å². The Morgan fingerprint density at radius 2 is 1.80 bits per heavy atom. The summed E-state index contributed by atoms with van der Waals surface area (Å²) in [4.78, 5) is 42.1. The predicted octanol–water partition coefficient (Wildman–Crippen LogP) is 5.20. The van der Waals surface area contributed by atoms with Crippen molar-refractivity contribution in [3.63, 3.8) is 0 Å². The molecule has 0 spiro atoms. The number of ether oxygens (including phenoxy) is 1. The first-order chi connectivity index (χ1) is 16.9. The van der Waals surface area contributed by atoms with Crippen molar-refractivity contribution < 1.29 is 19.1 Å². The Bertz CT molecular complexity index is 1060. The highest BCUT2D eigenvalue weighted by atomic mass is 16.6. The largest absolute Gasteiger partial charge is 0.438 e. The lowest BCUT2D eigenvalue weighted by Crippen LogP contribution is -2.50. The minimum Gasteiger partial charge on any atom is -0.438 e. The summed E-state index contributed by atoms with van der Waals surface area (Å²) >= 11 is 0. The van der Waals surface area contributed by atoms with Crippen molar-refractivity contribution in [3.8, 4) is 0 Å². The molecule has 186 valence electrons. The van der Waals surface area contributed by atoms with Crippen LogP contribution in [0.4, 0.5) is 10.5 Å². The highest BCUT2D eigenvalue weighted by molar-refractivity contribution is 5.91. The van der Waals surface area contributed by atoms with Gasteiger partial charge in [0.05, 0.1) is 6.54 Å². The molecule has 1 saturated carbocycles. The van der Waals surface area contributed by atoms with Crippen molar-refractivity contribution >= 4 is 23.6 Å². The second-order valence-corrected chi connectivity index (χ2v) is 9.63. The van der Waals surface area contributed by atoms with Crippen LogP contribution in [-0.4, -0.2) is 46.8 Å². The number of carbonyl (C=O) groups excluding carboxylic acids is 3. The first kappa shape index (κ1) is 24.8. The molecule has 7 heteroatoms. The summed E-state index contributed by atoms with van der Waals surface area (Å²) in [6.45, 7) is 4.10. The fraction of sp³-hybridized carbons (Fsp3) is 0.464. The summed E-state index contributed by atoms with van der Waals surface area (Å²) in [5.41, 5.74) is 3.45. The number of nitrogens with zero attached hydrogens (tertiary/aromatic N) is 2. The number of cyclic esters (lactones) is 1. The van der Waals surface area contributed by atoms with E-state index in [0.717, 1.165) is 42.4 Å². The normalized spacial score (nSPS) is 20.4. The fourth-order valence-corrected chi connectivity index (χ4v) is 5.06. The molecule has 0 bridgehead atoms. The zero-order valence-corrected chi connectivity index (χ0v) is 20.8. The van der Waals surface area contributed by atoms with Gasteiger partial charge in [-0.2, -0.15) is 0 Å². The zero-order valence-electron chi connectivity index (χ0n) is 20.8. The van der Waals surface area contributed by atoms with Gasteiger partial charge in [-0.15, -0.1) is 0 Å². The minimum absolute atomic E-state index is 0.0727. The third kappa shape index (κ3) is 5.66. The van der Waals surface area contributed by atoms with Crippen LogP contribution in [0.1, 0.15) is 68.2 Å². The van der Waals surface area contributed by atoms with E-state index in [9.17, 15) is 14.4 Å². The Morgan fingerprint density at radius 1 is 1.09 bits per heavy atom. The van der Waals surface area contributed by atoms with Crippen molar-refractivity contribution in [2.75, 3.05) is 12.4 Å². The predicted molar refractivity (Wildman–Crippen MR) is 135 cm³/mol. The Labute approximate surface area is 207 Å². The molecule has 2 aromatic rings. The Hall–Kier alpha value is -3.35. The summed E-state index contributed by atoms with van der Waals surface area (Å²) in [6.07, 6.45) is 4.58. The van der Waals surface area contributed by atoms with Crippen molar-refractivity contribution in [2.24, 2.45) is 0 Å². The number of rotatable bonds is 7. The summed E-state index contributed by atoms with van der Waals surface area (Å²) in [5.74, 6) is -0.166. The van der Waals surface area contributed by atoms with Gasteiger partial charge in [-0.1, -0.05) is 68.1 Å². The Morgan fingerprint density at radius 3 is 2.46 bits per heavy atom. The highest BCUT2D eigenvalue weighted by Gasteiger charge is 2.48. The number of nitrogens with one attached hydrogen (secondary N) is 1. The molecule has 2 atom stereocenters. The summed E-state index contributed by atoms with van der Waals surface area (Å²) in [5, 5.41) is 2.83. The maximum absolute atomic E-state index is 13.9. The van der Waals surface area contributed by atoms with Gasteiger partial charge in [-0.25, -0.2) is 4.79 Å². The first-order valence-electron chi connectivity index (χ1n) is 12.6. The van der Waals surface area contributed by atoms with E-state index in [2.05, 4.69) is 5.32 Å². The quantitative estimate of drug-likeness (QED) is 0.595. The van der Waals surface area contributed by atoms with Gasteiger partial charge in [0.25, 0.3) is 0 Å². The van der Waals surface area contributed by atoms with E-state index in [1.807, 2.05) is 55.3 Å². The smallest absolute Gasteiger partial charge is 0.411 e. The Kier molecular flexibility index (Phi) is 7.73. The summed E-state index contributed by atoms with van der Waals surface area (Å²) in [6, 6.07) is 14.6. The van der Waals surface area contributed by atoms with Gasteiger partial charge in [-0.05, 0) is 43.0 Å². The van der Waals surface area contributed by atoms with Crippen LogP contribution in [0.15, 0.2) is 48.5 Å². The number of anilines is 1. The van der Waals surface area contributed by atoms with E-state index in [0.29, 0.717) is 18.7 Å². The lowest BCUT2D eigenvalue weighted by molar-refractivity contribution is -0.138. The second kappa shape index (κ2) is 10.9. The van der Waals surface area contributed by atoms with Crippen molar-refractivity contribution in [3.05, 3.63) is 65.2 Å². The van der Waals surface area contributed by atoms with E-state index in [4.69, 9.17) is 4.74 Å². The molecule has 3 amide bonds. The van der Waals surface area contributed by atoms with Crippen LogP contribution in [0.3, 0.4) is 0 Å². The average Bonchev–Trinajstić information content (AvgIpc) is 3.19. The monoisotopic (exact) mass is 477 g/mol. The first-order valence-corrected chi connectivity index (χ1v) is 12.6. The standard InChI is InChI=1S/C28H35N3O4/c1-4-24(32)29-22-15-13-21(14-16-22)26-25(27(33)30(3)23-11-6-5-7-12-23)31(28(34)35-26)18-20-10-8-9-19(2)17-20/h8-10,13-17,23,25-26H,4-7,11-12,18H2,1-3H3,(H,29,32). The molecule has 2 aromatic carbocycles. The van der Waals surface area contributed by atoms with Gasteiger partial charge in [0.2, 0.25) is 11.8 Å². The zero-order chi connectivity index (χ0) is 24.9. The molecule has 35 heavy (non-hydrogen) atoms. The van der Waals surface area contributed by atoms with Crippen LogP contribution in [0.25, 0.3) is 0 Å². The van der Waals surface area contributed by atoms with Crippen molar-refractivity contribution in [1.82, 2.24) is 9.80 Å². The van der Waals surface area contributed by atoms with Crippen LogP contribution >= 0.6 is 0 Å². The highest BCUT2D eigenvalue weighted by Crippen LogP contribution is 2.36. The maximum Gasteiger partial charge on any atom is 0.411 e. The number of likely N-dealkylation sites (N-methyl/N-ethyl adjacent to an activating group) is 1. The van der Waals surface area contributed by atoms with Crippen LogP contribution in [0.2, 0.25) is 0 Å². The number of aryl methyl sites for hydroxylation is 1. The molecule has 4 rings (SSSR count). The van der Waals surface area contributed by atoms with Crippen LogP contribution in [-0.2, 0) is 20.9 Å². The van der Waals surface area contributed by atoms with Crippen LogP contribution in [0.5, 0.6) is 0 Å². The van der Waals surface area contributed by atoms with E-state index in [1.165, 1.54) is 6.42 Å². The lowest BCUT2D eigenvalue weighted by Gasteiger charge is -2.35. The molecular formula is C28H35N3O4. The Balaban J connectivity index is 1.63. The topological polar surface area (TPSA) is 79.0 Å². The summed E-state index contributed by atoms with van der Waals surface area (Å²) < 4.78 is 5.83. The van der Waals surface area contributed by atoms with Gasteiger partial charge in [0.15, 0.2) is 12.1 Å². The molecule has 0 radical (unpaired) electrons. The van der Waals surface area contributed by atoms with Crippen molar-refractivity contribution in [2.45, 2.75) is 77.1 Å². The van der Waals surface area contributed by atoms with E-state index < -0.39 is 18.2 Å². The molecule has 7 nitrogen and oxygen atoms in total. The SMILES string of the molecule is CCC(=O)Nc1ccc(C2OC(=O)N(Cc3cccc(C)c3)C2C(=O)N(C)C2CCCCC2)cc1. The molecule has 1 aliphatic carbocycles. The van der Waals surface area contributed by atoms with Crippen LogP contribution < -0.4 is 5.32 Å². The van der Waals surface area contributed by atoms with Gasteiger partial charge in [0, 0.05) is 25.2 Å². The fourth-order valence-electron chi connectivity index (χ4n) is 5.06. The van der Waals surface area contributed by atoms with Gasteiger partial charge in [-0.3, -0.25) is 14.5 Å². The van der Waals surface area contributed by atoms with Gasteiger partial charge < -0.3 is 15.0 Å². The molecule has 1 aliphatic heterocycles. The lowest BCUT2D eigenvalue weighted by atomic mass is 9.93. The number of benzene rings is 2. The molecule has 0 aromatic heterocycles. The molecule has 1 heterocycles.